The van der Waals surface area contributed by atoms with Crippen molar-refractivity contribution in [3.05, 3.63) is 29.6 Å². The number of aromatic nitrogens is 1. The van der Waals surface area contributed by atoms with Gasteiger partial charge in [0.2, 0.25) is 0 Å². The van der Waals surface area contributed by atoms with Crippen LogP contribution < -0.4 is 0 Å². The zero-order valence-electron chi connectivity index (χ0n) is 9.56. The average Bonchev–Trinajstić information content (AvgIpc) is 2.17. The molecule has 0 radical (unpaired) electrons. The van der Waals surface area contributed by atoms with E-state index in [4.69, 9.17) is 5.11 Å². The van der Waals surface area contributed by atoms with Gasteiger partial charge in [-0.25, -0.2) is 4.79 Å². The lowest BCUT2D eigenvalue weighted by molar-refractivity contribution is 0.0696. The third-order valence-corrected chi connectivity index (χ3v) is 3.96. The first-order valence-corrected chi connectivity index (χ1v) is 6.19. The predicted octanol–water partition coefficient (Wildman–Crippen LogP) is 1.83. The van der Waals surface area contributed by atoms with Crippen LogP contribution in [0.4, 0.5) is 0 Å². The van der Waals surface area contributed by atoms with Crippen molar-refractivity contribution in [1.82, 2.24) is 4.98 Å². The van der Waals surface area contributed by atoms with Crippen LogP contribution in [0.25, 0.3) is 0 Å². The van der Waals surface area contributed by atoms with Crippen molar-refractivity contribution >= 4 is 16.8 Å². The highest BCUT2D eigenvalue weighted by Gasteiger charge is 2.20. The molecule has 1 N–H and O–H groups in total. The molecule has 0 bridgehead atoms. The highest BCUT2D eigenvalue weighted by molar-refractivity contribution is 7.85. The van der Waals surface area contributed by atoms with Gasteiger partial charge in [0.15, 0.2) is 0 Å². The van der Waals surface area contributed by atoms with E-state index >= 15 is 0 Å². The Bertz CT molecular complexity index is 406. The Morgan fingerprint density at radius 1 is 1.44 bits per heavy atom. The van der Waals surface area contributed by atoms with Crippen molar-refractivity contribution in [2.75, 3.05) is 0 Å². The standard InChI is InChI=1S/C11H15NO3S/c1-11(2,3)16(15)7-9-5-4-8(6-12-9)10(13)14/h4-6H,7H2,1-3H3,(H,13,14). The maximum Gasteiger partial charge on any atom is 0.337 e. The Morgan fingerprint density at radius 2 is 2.06 bits per heavy atom. The summed E-state index contributed by atoms with van der Waals surface area (Å²) in [6, 6.07) is 3.08. The van der Waals surface area contributed by atoms with Gasteiger partial charge in [-0.3, -0.25) is 9.19 Å². The smallest absolute Gasteiger partial charge is 0.337 e. The quantitative estimate of drug-likeness (QED) is 0.876. The molecule has 0 saturated heterocycles. The van der Waals surface area contributed by atoms with Crippen molar-refractivity contribution in [1.29, 1.82) is 0 Å². The van der Waals surface area contributed by atoms with E-state index in [0.717, 1.165) is 0 Å². The van der Waals surface area contributed by atoms with Gasteiger partial charge in [-0.05, 0) is 32.9 Å². The largest absolute Gasteiger partial charge is 0.478 e. The summed E-state index contributed by atoms with van der Waals surface area (Å²) >= 11 is 0. The van der Waals surface area contributed by atoms with Gasteiger partial charge in [0.05, 0.1) is 17.0 Å². The summed E-state index contributed by atoms with van der Waals surface area (Å²) in [6.07, 6.45) is 1.29. The normalized spacial score (nSPS) is 13.4. The highest BCUT2D eigenvalue weighted by atomic mass is 32.2. The maximum absolute atomic E-state index is 11.8. The molecule has 16 heavy (non-hydrogen) atoms. The van der Waals surface area contributed by atoms with Gasteiger partial charge < -0.3 is 5.11 Å². The fourth-order valence-electron chi connectivity index (χ4n) is 0.987. The van der Waals surface area contributed by atoms with Crippen molar-refractivity contribution < 1.29 is 14.1 Å². The number of aromatic carboxylic acids is 1. The Kier molecular flexibility index (Phi) is 3.80. The van der Waals surface area contributed by atoms with Crippen LogP contribution in [0.2, 0.25) is 0 Å². The molecule has 1 unspecified atom stereocenters. The highest BCUT2D eigenvalue weighted by Crippen LogP contribution is 2.15. The van der Waals surface area contributed by atoms with Crippen LogP contribution in [-0.2, 0) is 16.6 Å². The zero-order valence-corrected chi connectivity index (χ0v) is 10.4. The summed E-state index contributed by atoms with van der Waals surface area (Å²) in [4.78, 5) is 14.6. The monoisotopic (exact) mass is 241 g/mol. The Balaban J connectivity index is 2.77. The lowest BCUT2D eigenvalue weighted by atomic mass is 10.2. The first-order chi connectivity index (χ1) is 7.30. The van der Waals surface area contributed by atoms with Crippen molar-refractivity contribution in [3.63, 3.8) is 0 Å². The van der Waals surface area contributed by atoms with Crippen molar-refractivity contribution in [2.45, 2.75) is 31.3 Å². The third-order valence-electron chi connectivity index (χ3n) is 2.03. The number of carboxylic acid groups (broad SMARTS) is 1. The number of carbonyl (C=O) groups is 1. The Hall–Kier alpha value is -1.23. The number of hydrogen-bond donors (Lipinski definition) is 1. The van der Waals surface area contributed by atoms with Crippen molar-refractivity contribution in [3.8, 4) is 0 Å². The van der Waals surface area contributed by atoms with Crippen LogP contribution in [0.15, 0.2) is 18.3 Å². The van der Waals surface area contributed by atoms with E-state index in [9.17, 15) is 9.00 Å². The van der Waals surface area contributed by atoms with Gasteiger partial charge in [-0.1, -0.05) is 0 Å². The van der Waals surface area contributed by atoms with Crippen LogP contribution in [0, 0.1) is 0 Å². The minimum absolute atomic E-state index is 0.144. The second-order valence-electron chi connectivity index (χ2n) is 4.45. The minimum Gasteiger partial charge on any atom is -0.478 e. The Morgan fingerprint density at radius 3 is 2.44 bits per heavy atom. The maximum atomic E-state index is 11.8. The van der Waals surface area contributed by atoms with E-state index in [1.165, 1.54) is 12.3 Å². The minimum atomic E-state index is -1.02. The number of rotatable bonds is 3. The summed E-state index contributed by atoms with van der Waals surface area (Å²) in [5.74, 6) is -0.653. The van der Waals surface area contributed by atoms with E-state index in [-0.39, 0.29) is 10.3 Å². The molecule has 0 amide bonds. The second kappa shape index (κ2) is 4.74. The molecule has 0 spiro atoms. The molecule has 1 heterocycles. The van der Waals surface area contributed by atoms with E-state index in [2.05, 4.69) is 4.98 Å². The summed E-state index contributed by atoms with van der Waals surface area (Å²) in [5.41, 5.74) is 0.795. The molecule has 1 aromatic rings. The molecule has 88 valence electrons. The molecule has 5 heteroatoms. The van der Waals surface area contributed by atoms with Crippen LogP contribution >= 0.6 is 0 Å². The summed E-state index contributed by atoms with van der Waals surface area (Å²) in [7, 11) is -1.02. The summed E-state index contributed by atoms with van der Waals surface area (Å²) in [6.45, 7) is 5.69. The molecule has 0 saturated carbocycles. The molecule has 0 fully saturated rings. The fraction of sp³-hybridized carbons (Fsp3) is 0.455. The van der Waals surface area contributed by atoms with Crippen LogP contribution in [0.1, 0.15) is 36.8 Å². The summed E-state index contributed by atoms with van der Waals surface area (Å²) < 4.78 is 11.5. The number of pyridine rings is 1. The zero-order chi connectivity index (χ0) is 12.3. The molecular formula is C11H15NO3S. The first kappa shape index (κ1) is 12.8. The third kappa shape index (κ3) is 3.41. The van der Waals surface area contributed by atoms with Gasteiger partial charge in [0.1, 0.15) is 0 Å². The number of nitrogens with zero attached hydrogens (tertiary/aromatic N) is 1. The van der Waals surface area contributed by atoms with Crippen LogP contribution in [0.3, 0.4) is 0 Å². The van der Waals surface area contributed by atoms with Gasteiger partial charge >= 0.3 is 5.97 Å². The van der Waals surface area contributed by atoms with E-state index in [1.807, 2.05) is 20.8 Å². The molecule has 1 aromatic heterocycles. The molecule has 4 nitrogen and oxygen atoms in total. The lowest BCUT2D eigenvalue weighted by Gasteiger charge is -2.17. The molecular weight excluding hydrogens is 226 g/mol. The van der Waals surface area contributed by atoms with Gasteiger partial charge in [-0.2, -0.15) is 0 Å². The van der Waals surface area contributed by atoms with Crippen LogP contribution in [-0.4, -0.2) is 25.0 Å². The van der Waals surface area contributed by atoms with Gasteiger partial charge in [-0.15, -0.1) is 0 Å². The SMILES string of the molecule is CC(C)(C)S(=O)Cc1ccc(C(=O)O)cn1. The molecule has 1 atom stereocenters. The molecule has 0 aliphatic rings. The topological polar surface area (TPSA) is 67.3 Å². The number of hydrogen-bond acceptors (Lipinski definition) is 3. The lowest BCUT2D eigenvalue weighted by Crippen LogP contribution is -2.23. The molecule has 0 aliphatic heterocycles. The van der Waals surface area contributed by atoms with E-state index < -0.39 is 16.8 Å². The second-order valence-corrected chi connectivity index (χ2v) is 6.65. The van der Waals surface area contributed by atoms with Crippen molar-refractivity contribution in [2.24, 2.45) is 0 Å². The van der Waals surface area contributed by atoms with E-state index in [1.54, 1.807) is 6.07 Å². The fourth-order valence-corrected chi connectivity index (χ4v) is 1.86. The predicted molar refractivity (Wildman–Crippen MR) is 62.8 cm³/mol. The molecule has 1 rings (SSSR count). The van der Waals surface area contributed by atoms with Gasteiger partial charge in [0, 0.05) is 21.7 Å². The van der Waals surface area contributed by atoms with Crippen LogP contribution in [0.5, 0.6) is 0 Å². The molecule has 0 aliphatic carbocycles. The first-order valence-electron chi connectivity index (χ1n) is 4.87. The van der Waals surface area contributed by atoms with Gasteiger partial charge in [0.25, 0.3) is 0 Å². The Labute approximate surface area is 97.2 Å². The summed E-state index contributed by atoms with van der Waals surface area (Å²) in [5, 5.41) is 8.69. The molecule has 0 aromatic carbocycles. The van der Waals surface area contributed by atoms with E-state index in [0.29, 0.717) is 11.4 Å². The average molecular weight is 241 g/mol. The number of carboxylic acids is 1.